The van der Waals surface area contributed by atoms with Crippen LogP contribution in [0.4, 0.5) is 0 Å². The second-order valence-corrected chi connectivity index (χ2v) is 4.85. The second-order valence-electron chi connectivity index (χ2n) is 4.85. The molecule has 4 heteroatoms. The highest BCUT2D eigenvalue weighted by molar-refractivity contribution is 4.98. The molecule has 0 spiro atoms. The molecule has 0 fully saturated rings. The van der Waals surface area contributed by atoms with Crippen LogP contribution in [-0.4, -0.2) is 27.4 Å². The Labute approximate surface area is 97.5 Å². The van der Waals surface area contributed by atoms with E-state index in [1.165, 1.54) is 25.1 Å². The average Bonchev–Trinajstić information content (AvgIpc) is 2.49. The molecule has 0 unspecified atom stereocenters. The number of fused-ring (bicyclic) bond motifs is 1. The van der Waals surface area contributed by atoms with E-state index in [2.05, 4.69) is 33.9 Å². The highest BCUT2D eigenvalue weighted by Crippen LogP contribution is 2.14. The SMILES string of the molecule is CC(C)NCCc1nnc2n1CCCCC2. The molecule has 0 aromatic carbocycles. The van der Waals surface area contributed by atoms with E-state index in [1.54, 1.807) is 0 Å². The molecule has 0 atom stereocenters. The van der Waals surface area contributed by atoms with Gasteiger partial charge in [-0.3, -0.25) is 0 Å². The highest BCUT2D eigenvalue weighted by Gasteiger charge is 2.13. The molecule has 1 aromatic heterocycles. The summed E-state index contributed by atoms with van der Waals surface area (Å²) >= 11 is 0. The van der Waals surface area contributed by atoms with Crippen LogP contribution < -0.4 is 5.32 Å². The maximum absolute atomic E-state index is 4.31. The molecule has 4 nitrogen and oxygen atoms in total. The van der Waals surface area contributed by atoms with Crippen molar-refractivity contribution < 1.29 is 0 Å². The fourth-order valence-corrected chi connectivity index (χ4v) is 2.20. The number of hydrogen-bond donors (Lipinski definition) is 1. The Kier molecular flexibility index (Phi) is 3.93. The number of hydrogen-bond acceptors (Lipinski definition) is 3. The zero-order chi connectivity index (χ0) is 11.4. The van der Waals surface area contributed by atoms with Gasteiger partial charge in [0.25, 0.3) is 0 Å². The largest absolute Gasteiger partial charge is 0.315 e. The lowest BCUT2D eigenvalue weighted by Gasteiger charge is -2.09. The average molecular weight is 222 g/mol. The van der Waals surface area contributed by atoms with Gasteiger partial charge in [-0.2, -0.15) is 0 Å². The Morgan fingerprint density at radius 3 is 2.94 bits per heavy atom. The summed E-state index contributed by atoms with van der Waals surface area (Å²) in [5.41, 5.74) is 0. The molecule has 0 aliphatic carbocycles. The van der Waals surface area contributed by atoms with Gasteiger partial charge in [0.15, 0.2) is 0 Å². The number of nitrogens with one attached hydrogen (secondary N) is 1. The molecule has 0 radical (unpaired) electrons. The monoisotopic (exact) mass is 222 g/mol. The minimum absolute atomic E-state index is 0.548. The van der Waals surface area contributed by atoms with E-state index in [0.29, 0.717) is 6.04 Å². The van der Waals surface area contributed by atoms with E-state index in [9.17, 15) is 0 Å². The Balaban J connectivity index is 1.96. The number of aromatic nitrogens is 3. The van der Waals surface area contributed by atoms with Gasteiger partial charge in [-0.15, -0.1) is 10.2 Å². The van der Waals surface area contributed by atoms with Gasteiger partial charge in [0, 0.05) is 32.0 Å². The third kappa shape index (κ3) is 2.82. The van der Waals surface area contributed by atoms with Gasteiger partial charge in [-0.25, -0.2) is 0 Å². The van der Waals surface area contributed by atoms with Crippen LogP contribution in [0.1, 0.15) is 44.8 Å². The van der Waals surface area contributed by atoms with Crippen molar-refractivity contribution in [1.82, 2.24) is 20.1 Å². The van der Waals surface area contributed by atoms with E-state index < -0.39 is 0 Å². The first-order valence-corrected chi connectivity index (χ1v) is 6.41. The van der Waals surface area contributed by atoms with Crippen molar-refractivity contribution in [2.45, 2.75) is 58.5 Å². The van der Waals surface area contributed by atoms with Gasteiger partial charge in [0.05, 0.1) is 0 Å². The van der Waals surface area contributed by atoms with Gasteiger partial charge in [-0.1, -0.05) is 20.3 Å². The first-order valence-electron chi connectivity index (χ1n) is 6.41. The maximum Gasteiger partial charge on any atom is 0.134 e. The Morgan fingerprint density at radius 2 is 2.12 bits per heavy atom. The third-order valence-electron chi connectivity index (χ3n) is 3.09. The van der Waals surface area contributed by atoms with Crippen LogP contribution in [0.5, 0.6) is 0 Å². The van der Waals surface area contributed by atoms with Crippen molar-refractivity contribution in [3.05, 3.63) is 11.6 Å². The van der Waals surface area contributed by atoms with E-state index in [0.717, 1.165) is 31.8 Å². The Hall–Kier alpha value is -0.900. The first-order chi connectivity index (χ1) is 7.77. The zero-order valence-corrected chi connectivity index (χ0v) is 10.4. The van der Waals surface area contributed by atoms with Crippen LogP contribution >= 0.6 is 0 Å². The predicted octanol–water partition coefficient (Wildman–Crippen LogP) is 1.54. The van der Waals surface area contributed by atoms with E-state index in [4.69, 9.17) is 0 Å². The second kappa shape index (κ2) is 5.43. The summed E-state index contributed by atoms with van der Waals surface area (Å²) in [5.74, 6) is 2.35. The lowest BCUT2D eigenvalue weighted by atomic mass is 10.2. The van der Waals surface area contributed by atoms with Gasteiger partial charge in [-0.05, 0) is 12.8 Å². The summed E-state index contributed by atoms with van der Waals surface area (Å²) < 4.78 is 2.33. The quantitative estimate of drug-likeness (QED) is 0.840. The van der Waals surface area contributed by atoms with Crippen molar-refractivity contribution in [1.29, 1.82) is 0 Å². The van der Waals surface area contributed by atoms with Crippen molar-refractivity contribution in [2.75, 3.05) is 6.54 Å². The fraction of sp³-hybridized carbons (Fsp3) is 0.833. The predicted molar refractivity (Wildman–Crippen MR) is 64.4 cm³/mol. The van der Waals surface area contributed by atoms with Crippen LogP contribution in [0, 0.1) is 0 Å². The lowest BCUT2D eigenvalue weighted by molar-refractivity contribution is 0.557. The first kappa shape index (κ1) is 11.6. The van der Waals surface area contributed by atoms with Crippen LogP contribution in [0.3, 0.4) is 0 Å². The summed E-state index contributed by atoms with van der Waals surface area (Å²) in [4.78, 5) is 0. The van der Waals surface area contributed by atoms with Gasteiger partial charge in [0.2, 0.25) is 0 Å². The van der Waals surface area contributed by atoms with E-state index in [1.807, 2.05) is 0 Å². The molecule has 1 aromatic rings. The van der Waals surface area contributed by atoms with E-state index >= 15 is 0 Å². The third-order valence-corrected chi connectivity index (χ3v) is 3.09. The Morgan fingerprint density at radius 1 is 1.25 bits per heavy atom. The summed E-state index contributed by atoms with van der Waals surface area (Å²) in [6.07, 6.45) is 5.96. The molecule has 0 bridgehead atoms. The topological polar surface area (TPSA) is 42.7 Å². The lowest BCUT2D eigenvalue weighted by Crippen LogP contribution is -2.26. The molecule has 1 aliphatic heterocycles. The standard InChI is InChI=1S/C12H22N4/c1-10(2)13-8-7-12-15-14-11-6-4-3-5-9-16(11)12/h10,13H,3-9H2,1-2H3. The van der Waals surface area contributed by atoms with Crippen molar-refractivity contribution in [3.63, 3.8) is 0 Å². The molecule has 1 N–H and O–H groups in total. The zero-order valence-electron chi connectivity index (χ0n) is 10.4. The minimum atomic E-state index is 0.548. The summed E-state index contributed by atoms with van der Waals surface area (Å²) in [7, 11) is 0. The van der Waals surface area contributed by atoms with Crippen molar-refractivity contribution in [3.8, 4) is 0 Å². The normalized spacial score (nSPS) is 16.2. The number of rotatable bonds is 4. The molecular weight excluding hydrogens is 200 g/mol. The maximum atomic E-state index is 4.31. The fourth-order valence-electron chi connectivity index (χ4n) is 2.20. The molecule has 16 heavy (non-hydrogen) atoms. The molecule has 0 amide bonds. The molecule has 90 valence electrons. The molecule has 0 saturated heterocycles. The van der Waals surface area contributed by atoms with Crippen LogP contribution in [0.2, 0.25) is 0 Å². The smallest absolute Gasteiger partial charge is 0.134 e. The van der Waals surface area contributed by atoms with Crippen molar-refractivity contribution in [2.24, 2.45) is 0 Å². The molecule has 1 aliphatic rings. The van der Waals surface area contributed by atoms with Crippen LogP contribution in [-0.2, 0) is 19.4 Å². The van der Waals surface area contributed by atoms with Crippen LogP contribution in [0.15, 0.2) is 0 Å². The minimum Gasteiger partial charge on any atom is -0.315 e. The highest BCUT2D eigenvalue weighted by atomic mass is 15.3. The summed E-state index contributed by atoms with van der Waals surface area (Å²) in [5, 5.41) is 12.0. The van der Waals surface area contributed by atoms with Gasteiger partial charge < -0.3 is 9.88 Å². The van der Waals surface area contributed by atoms with Crippen molar-refractivity contribution >= 4 is 0 Å². The molecule has 0 saturated carbocycles. The molecule has 2 heterocycles. The summed E-state index contributed by atoms with van der Waals surface area (Å²) in [6.45, 7) is 6.45. The molecule has 2 rings (SSSR count). The van der Waals surface area contributed by atoms with E-state index in [-0.39, 0.29) is 0 Å². The molecular formula is C12H22N4. The van der Waals surface area contributed by atoms with Gasteiger partial charge >= 0.3 is 0 Å². The Bertz CT molecular complexity index is 330. The van der Waals surface area contributed by atoms with Gasteiger partial charge in [0.1, 0.15) is 11.6 Å². The summed E-state index contributed by atoms with van der Waals surface area (Å²) in [6, 6.07) is 0.548. The number of aryl methyl sites for hydroxylation is 1. The van der Waals surface area contributed by atoms with Crippen LogP contribution in [0.25, 0.3) is 0 Å². The number of nitrogens with zero attached hydrogens (tertiary/aromatic N) is 3.